The Morgan fingerprint density at radius 2 is 1.66 bits per heavy atom. The normalized spacial score (nSPS) is 11.6. The lowest BCUT2D eigenvalue weighted by Gasteiger charge is -2.22. The fraction of sp³-hybridized carbons (Fsp3) is 0.176. The van der Waals surface area contributed by atoms with Crippen LogP contribution in [0.4, 0.5) is 23.2 Å². The van der Waals surface area contributed by atoms with Crippen molar-refractivity contribution in [2.45, 2.75) is 12.7 Å². The van der Waals surface area contributed by atoms with E-state index >= 15 is 0 Å². The number of anilines is 1. The zero-order valence-electron chi connectivity index (χ0n) is 14.8. The highest BCUT2D eigenvalue weighted by molar-refractivity contribution is 7.92. The second-order valence-electron chi connectivity index (χ2n) is 5.82. The number of hydrogen-bond acceptors (Lipinski definition) is 4. The number of nitrogens with zero attached hydrogens (tertiary/aromatic N) is 1. The van der Waals surface area contributed by atoms with E-state index in [0.717, 1.165) is 34.2 Å². The highest BCUT2D eigenvalue weighted by Gasteiger charge is 2.39. The summed E-state index contributed by atoms with van der Waals surface area (Å²) in [6.07, 6.45) is -4.25. The van der Waals surface area contributed by atoms with Crippen molar-refractivity contribution >= 4 is 27.5 Å². The van der Waals surface area contributed by atoms with Gasteiger partial charge < -0.3 is 0 Å². The largest absolute Gasteiger partial charge is 0.472 e. The Morgan fingerprint density at radius 1 is 1.03 bits per heavy atom. The van der Waals surface area contributed by atoms with Crippen LogP contribution in [0.1, 0.15) is 15.9 Å². The van der Waals surface area contributed by atoms with E-state index in [4.69, 9.17) is 0 Å². The first-order chi connectivity index (χ1) is 13.4. The first-order valence-electron chi connectivity index (χ1n) is 7.88. The Morgan fingerprint density at radius 3 is 2.17 bits per heavy atom. The van der Waals surface area contributed by atoms with E-state index in [2.05, 4.69) is 0 Å². The molecule has 2 amide bonds. The van der Waals surface area contributed by atoms with Gasteiger partial charge in [-0.25, -0.2) is 12.8 Å². The smallest absolute Gasteiger partial charge is 0.267 e. The third-order valence-electron chi connectivity index (χ3n) is 3.62. The first-order valence-corrected chi connectivity index (χ1v) is 9.73. The molecule has 0 saturated heterocycles. The van der Waals surface area contributed by atoms with E-state index in [9.17, 15) is 35.6 Å². The number of sulfonamides is 1. The Hall–Kier alpha value is -3.15. The zero-order valence-corrected chi connectivity index (χ0v) is 15.6. The molecule has 0 aliphatic rings. The molecule has 2 rings (SSSR count). The molecule has 12 heteroatoms. The average Bonchev–Trinajstić information content (AvgIpc) is 2.63. The number of alkyl halides is 3. The maximum absolute atomic E-state index is 14.4. The fourth-order valence-electron chi connectivity index (χ4n) is 2.22. The van der Waals surface area contributed by atoms with Crippen molar-refractivity contribution in [1.29, 1.82) is 0 Å². The monoisotopic (exact) mass is 433 g/mol. The van der Waals surface area contributed by atoms with Crippen LogP contribution < -0.4 is 15.2 Å². The summed E-state index contributed by atoms with van der Waals surface area (Å²) in [7, 11) is -3.76. The zero-order chi connectivity index (χ0) is 21.8. The number of amides is 2. The minimum absolute atomic E-state index is 0.0739. The van der Waals surface area contributed by atoms with Crippen LogP contribution in [0, 0.1) is 5.82 Å². The fourth-order valence-corrected chi connectivity index (χ4v) is 3.10. The average molecular weight is 433 g/mol. The van der Waals surface area contributed by atoms with Crippen LogP contribution >= 0.6 is 0 Å². The third-order valence-corrected chi connectivity index (χ3v) is 4.76. The van der Waals surface area contributed by atoms with Crippen molar-refractivity contribution in [1.82, 2.24) is 10.9 Å². The van der Waals surface area contributed by atoms with Crippen molar-refractivity contribution in [3.05, 3.63) is 65.5 Å². The molecule has 2 aromatic carbocycles. The van der Waals surface area contributed by atoms with Gasteiger partial charge in [0.2, 0.25) is 10.0 Å². The number of halogens is 4. The van der Waals surface area contributed by atoms with Crippen molar-refractivity contribution in [2.75, 3.05) is 10.6 Å². The van der Waals surface area contributed by atoms with Crippen LogP contribution in [0.2, 0.25) is 0 Å². The predicted octanol–water partition coefficient (Wildman–Crippen LogP) is 2.12. The molecule has 0 aliphatic carbocycles. The number of carbonyl (C=O) groups is 2. The van der Waals surface area contributed by atoms with Crippen molar-refractivity contribution in [3.63, 3.8) is 0 Å². The van der Waals surface area contributed by atoms with Gasteiger partial charge in [0.05, 0.1) is 18.5 Å². The molecule has 0 atom stereocenters. The standard InChI is InChI=1S/C17H15F4N3O4S/c1-29(27,28)24(13-5-3-2-4-6-13)10-12-8-7-11(9-14(12)18)15(25)22-23-16(26)17(19,20)21/h2-9H,10H2,1H3,(H,22,25)(H,23,26). The molecule has 0 heterocycles. The Kier molecular flexibility index (Phi) is 6.47. The quantitative estimate of drug-likeness (QED) is 0.558. The molecule has 2 aromatic rings. The van der Waals surface area contributed by atoms with Gasteiger partial charge in [0, 0.05) is 11.1 Å². The van der Waals surface area contributed by atoms with Crippen LogP contribution in [-0.2, 0) is 21.4 Å². The number of rotatable bonds is 5. The molecular formula is C17H15F4N3O4S. The molecule has 0 spiro atoms. The molecule has 0 aromatic heterocycles. The van der Waals surface area contributed by atoms with Crippen LogP contribution in [0.3, 0.4) is 0 Å². The summed E-state index contributed by atoms with van der Waals surface area (Å²) >= 11 is 0. The van der Waals surface area contributed by atoms with E-state index in [1.807, 2.05) is 0 Å². The lowest BCUT2D eigenvalue weighted by Crippen LogP contribution is -2.47. The number of hydrogen-bond donors (Lipinski definition) is 2. The van der Waals surface area contributed by atoms with E-state index in [0.29, 0.717) is 5.69 Å². The highest BCUT2D eigenvalue weighted by atomic mass is 32.2. The number of benzene rings is 2. The molecule has 0 unspecified atom stereocenters. The molecule has 7 nitrogen and oxygen atoms in total. The molecule has 0 aliphatic heterocycles. The Balaban J connectivity index is 2.18. The maximum Gasteiger partial charge on any atom is 0.472 e. The van der Waals surface area contributed by atoms with E-state index in [1.54, 1.807) is 18.2 Å². The van der Waals surface area contributed by atoms with Gasteiger partial charge in [-0.2, -0.15) is 13.2 Å². The first kappa shape index (κ1) is 22.1. The summed E-state index contributed by atoms with van der Waals surface area (Å²) in [5.74, 6) is -4.53. The number of nitrogens with one attached hydrogen (secondary N) is 2. The maximum atomic E-state index is 14.4. The molecule has 156 valence electrons. The third kappa shape index (κ3) is 5.91. The Labute approximate surface area is 163 Å². The molecule has 2 N–H and O–H groups in total. The predicted molar refractivity (Wildman–Crippen MR) is 95.5 cm³/mol. The van der Waals surface area contributed by atoms with Gasteiger partial charge in [-0.1, -0.05) is 24.3 Å². The van der Waals surface area contributed by atoms with E-state index in [1.165, 1.54) is 17.6 Å². The molecule has 0 saturated carbocycles. The SMILES string of the molecule is CS(=O)(=O)N(Cc1ccc(C(=O)NNC(=O)C(F)(F)F)cc1F)c1ccccc1. The second-order valence-corrected chi connectivity index (χ2v) is 7.72. The van der Waals surface area contributed by atoms with Crippen LogP contribution in [-0.4, -0.2) is 32.7 Å². The van der Waals surface area contributed by atoms with E-state index < -0.39 is 33.8 Å². The van der Waals surface area contributed by atoms with Crippen molar-refractivity contribution in [3.8, 4) is 0 Å². The van der Waals surface area contributed by atoms with E-state index in [-0.39, 0.29) is 17.7 Å². The van der Waals surface area contributed by atoms with Crippen molar-refractivity contribution in [2.24, 2.45) is 0 Å². The summed E-state index contributed by atoms with van der Waals surface area (Å²) < 4.78 is 75.8. The summed E-state index contributed by atoms with van der Waals surface area (Å²) in [6.45, 7) is -0.374. The number of hydrazine groups is 1. The summed E-state index contributed by atoms with van der Waals surface area (Å²) in [5.41, 5.74) is 2.51. The Bertz CT molecular complexity index is 1010. The van der Waals surface area contributed by atoms with Gasteiger partial charge in [-0.3, -0.25) is 24.7 Å². The topological polar surface area (TPSA) is 95.6 Å². The van der Waals surface area contributed by atoms with Gasteiger partial charge in [-0.15, -0.1) is 0 Å². The van der Waals surface area contributed by atoms with Gasteiger partial charge in [-0.05, 0) is 24.3 Å². The molecule has 0 fully saturated rings. The van der Waals surface area contributed by atoms with Crippen LogP contribution in [0.15, 0.2) is 48.5 Å². The highest BCUT2D eigenvalue weighted by Crippen LogP contribution is 2.22. The minimum atomic E-state index is -5.20. The second kappa shape index (κ2) is 8.47. The van der Waals surface area contributed by atoms with Gasteiger partial charge in [0.15, 0.2) is 0 Å². The molecular weight excluding hydrogens is 418 g/mol. The summed E-state index contributed by atoms with van der Waals surface area (Å²) in [5, 5.41) is 0. The number of para-hydroxylation sites is 1. The lowest BCUT2D eigenvalue weighted by atomic mass is 10.1. The lowest BCUT2D eigenvalue weighted by molar-refractivity contribution is -0.174. The number of carbonyl (C=O) groups excluding carboxylic acids is 2. The minimum Gasteiger partial charge on any atom is -0.267 e. The molecule has 29 heavy (non-hydrogen) atoms. The van der Waals surface area contributed by atoms with Crippen LogP contribution in [0.25, 0.3) is 0 Å². The summed E-state index contributed by atoms with van der Waals surface area (Å²) in [6, 6.07) is 10.8. The molecule has 0 radical (unpaired) electrons. The van der Waals surface area contributed by atoms with Crippen molar-refractivity contribution < 1.29 is 35.6 Å². The molecule has 0 bridgehead atoms. The van der Waals surface area contributed by atoms with Gasteiger partial charge in [0.25, 0.3) is 5.91 Å². The van der Waals surface area contributed by atoms with Gasteiger partial charge >= 0.3 is 12.1 Å². The van der Waals surface area contributed by atoms with Crippen LogP contribution in [0.5, 0.6) is 0 Å². The van der Waals surface area contributed by atoms with Gasteiger partial charge in [0.1, 0.15) is 5.82 Å². The summed E-state index contributed by atoms with van der Waals surface area (Å²) in [4.78, 5) is 22.5.